The molecule has 2 fully saturated rings. The summed E-state index contributed by atoms with van der Waals surface area (Å²) >= 11 is 0. The fourth-order valence-electron chi connectivity index (χ4n) is 3.01. The molecule has 1 amide bonds. The summed E-state index contributed by atoms with van der Waals surface area (Å²) in [5.41, 5.74) is 0. The molecule has 16 heavy (non-hydrogen) atoms. The molecule has 0 saturated carbocycles. The Balaban J connectivity index is 2.02. The van der Waals surface area contributed by atoms with Crippen molar-refractivity contribution in [2.45, 2.75) is 44.7 Å². The van der Waals surface area contributed by atoms with Crippen LogP contribution in [0.5, 0.6) is 0 Å². The predicted molar refractivity (Wildman–Crippen MR) is 62.0 cm³/mol. The van der Waals surface area contributed by atoms with E-state index >= 15 is 0 Å². The number of nitrogens with zero attached hydrogens (tertiary/aromatic N) is 1. The average molecular weight is 226 g/mol. The zero-order valence-corrected chi connectivity index (χ0v) is 9.98. The number of amides is 1. The summed E-state index contributed by atoms with van der Waals surface area (Å²) in [6, 6.07) is 0.598. The molecule has 4 nitrogen and oxygen atoms in total. The second-order valence-electron chi connectivity index (χ2n) is 5.10. The van der Waals surface area contributed by atoms with E-state index in [0.29, 0.717) is 18.4 Å². The van der Waals surface area contributed by atoms with Crippen molar-refractivity contribution in [3.8, 4) is 0 Å². The highest BCUT2D eigenvalue weighted by molar-refractivity contribution is 5.76. The normalized spacial score (nSPS) is 37.1. The molecule has 0 aliphatic carbocycles. The highest BCUT2D eigenvalue weighted by Gasteiger charge is 2.36. The lowest BCUT2D eigenvalue weighted by Gasteiger charge is -2.32. The van der Waals surface area contributed by atoms with Crippen molar-refractivity contribution in [1.82, 2.24) is 10.2 Å². The maximum Gasteiger partial charge on any atom is 0.221 e. The predicted octanol–water partition coefficient (Wildman–Crippen LogP) is 0.358. The van der Waals surface area contributed by atoms with Gasteiger partial charge in [0.2, 0.25) is 5.91 Å². The van der Waals surface area contributed by atoms with Gasteiger partial charge in [0.25, 0.3) is 0 Å². The quantitative estimate of drug-likeness (QED) is 0.715. The van der Waals surface area contributed by atoms with Gasteiger partial charge in [-0.2, -0.15) is 0 Å². The first kappa shape index (κ1) is 11.9. The van der Waals surface area contributed by atoms with Gasteiger partial charge in [0.1, 0.15) is 0 Å². The Morgan fingerprint density at radius 3 is 3.06 bits per heavy atom. The summed E-state index contributed by atoms with van der Waals surface area (Å²) < 4.78 is 0. The SMILES string of the molecule is CC1CCN(C2CCCNC(=O)C2)C1CO. The molecule has 2 aliphatic rings. The Kier molecular flexibility index (Phi) is 3.82. The van der Waals surface area contributed by atoms with Crippen LogP contribution in [-0.2, 0) is 4.79 Å². The van der Waals surface area contributed by atoms with Crippen molar-refractivity contribution in [1.29, 1.82) is 0 Å². The molecule has 0 radical (unpaired) electrons. The van der Waals surface area contributed by atoms with Crippen LogP contribution in [0.25, 0.3) is 0 Å². The van der Waals surface area contributed by atoms with E-state index in [2.05, 4.69) is 17.1 Å². The monoisotopic (exact) mass is 226 g/mol. The van der Waals surface area contributed by atoms with Crippen LogP contribution in [0.2, 0.25) is 0 Å². The molecule has 0 aromatic rings. The number of carbonyl (C=O) groups excluding carboxylic acids is 1. The van der Waals surface area contributed by atoms with Gasteiger partial charge in [-0.25, -0.2) is 0 Å². The molecule has 2 heterocycles. The van der Waals surface area contributed by atoms with E-state index in [4.69, 9.17) is 0 Å². The van der Waals surface area contributed by atoms with Crippen molar-refractivity contribution in [2.24, 2.45) is 5.92 Å². The number of carbonyl (C=O) groups is 1. The topological polar surface area (TPSA) is 52.6 Å². The molecule has 2 rings (SSSR count). The number of rotatable bonds is 2. The molecule has 2 N–H and O–H groups in total. The lowest BCUT2D eigenvalue weighted by molar-refractivity contribution is -0.121. The maximum absolute atomic E-state index is 11.5. The average Bonchev–Trinajstić information content (AvgIpc) is 2.49. The van der Waals surface area contributed by atoms with E-state index in [9.17, 15) is 9.90 Å². The number of aliphatic hydroxyl groups excluding tert-OH is 1. The van der Waals surface area contributed by atoms with E-state index in [-0.39, 0.29) is 18.6 Å². The number of nitrogens with one attached hydrogen (secondary N) is 1. The third-order valence-electron chi connectivity index (χ3n) is 4.04. The first-order valence-electron chi connectivity index (χ1n) is 6.35. The number of aliphatic hydroxyl groups is 1. The molecule has 2 saturated heterocycles. The summed E-state index contributed by atoms with van der Waals surface area (Å²) in [6.07, 6.45) is 3.87. The fraction of sp³-hybridized carbons (Fsp3) is 0.917. The molecule has 2 aliphatic heterocycles. The Bertz CT molecular complexity index is 257. The minimum atomic E-state index is 0.166. The molecule has 4 heteroatoms. The molecule has 92 valence electrons. The smallest absolute Gasteiger partial charge is 0.221 e. The highest BCUT2D eigenvalue weighted by atomic mass is 16.3. The second kappa shape index (κ2) is 5.15. The van der Waals surface area contributed by atoms with Gasteiger partial charge in [-0.05, 0) is 31.7 Å². The number of hydrogen-bond donors (Lipinski definition) is 2. The molecular weight excluding hydrogens is 204 g/mol. The van der Waals surface area contributed by atoms with Gasteiger partial charge in [-0.1, -0.05) is 6.92 Å². The zero-order chi connectivity index (χ0) is 11.5. The summed E-state index contributed by atoms with van der Waals surface area (Å²) in [5, 5.41) is 12.3. The van der Waals surface area contributed by atoms with Gasteiger partial charge < -0.3 is 10.4 Å². The third-order valence-corrected chi connectivity index (χ3v) is 4.04. The Labute approximate surface area is 97.0 Å². The van der Waals surface area contributed by atoms with Crippen LogP contribution in [0.4, 0.5) is 0 Å². The van der Waals surface area contributed by atoms with Gasteiger partial charge in [0.05, 0.1) is 6.61 Å². The Hall–Kier alpha value is -0.610. The molecule has 3 atom stereocenters. The Morgan fingerprint density at radius 1 is 1.50 bits per heavy atom. The molecule has 3 unspecified atom stereocenters. The van der Waals surface area contributed by atoms with Crippen LogP contribution in [0, 0.1) is 5.92 Å². The number of likely N-dealkylation sites (tertiary alicyclic amines) is 1. The minimum absolute atomic E-state index is 0.166. The molecule has 0 spiro atoms. The van der Waals surface area contributed by atoms with Gasteiger partial charge in [-0.3, -0.25) is 9.69 Å². The van der Waals surface area contributed by atoms with Crippen LogP contribution in [0.3, 0.4) is 0 Å². The van der Waals surface area contributed by atoms with Crippen LogP contribution >= 0.6 is 0 Å². The largest absolute Gasteiger partial charge is 0.395 e. The van der Waals surface area contributed by atoms with Crippen molar-refractivity contribution >= 4 is 5.91 Å². The lowest BCUT2D eigenvalue weighted by Crippen LogP contribution is -2.43. The van der Waals surface area contributed by atoms with Crippen LogP contribution in [0.1, 0.15) is 32.6 Å². The standard InChI is InChI=1S/C12H22N2O2/c1-9-4-6-14(11(9)8-15)10-3-2-5-13-12(16)7-10/h9-11,15H,2-8H2,1H3,(H,13,16). The van der Waals surface area contributed by atoms with Crippen molar-refractivity contribution in [3.05, 3.63) is 0 Å². The maximum atomic E-state index is 11.5. The molecule has 0 aromatic heterocycles. The van der Waals surface area contributed by atoms with Gasteiger partial charge in [0, 0.05) is 25.0 Å². The van der Waals surface area contributed by atoms with Crippen LogP contribution in [-0.4, -0.2) is 47.7 Å². The first-order chi connectivity index (χ1) is 7.72. The number of hydrogen-bond acceptors (Lipinski definition) is 3. The summed E-state index contributed by atoms with van der Waals surface area (Å²) in [4.78, 5) is 13.9. The highest BCUT2D eigenvalue weighted by Crippen LogP contribution is 2.28. The van der Waals surface area contributed by atoms with Gasteiger partial charge in [-0.15, -0.1) is 0 Å². The fourth-order valence-corrected chi connectivity index (χ4v) is 3.01. The van der Waals surface area contributed by atoms with E-state index in [1.165, 1.54) is 0 Å². The second-order valence-corrected chi connectivity index (χ2v) is 5.10. The molecule has 0 aromatic carbocycles. The molecular formula is C12H22N2O2. The molecule has 0 bridgehead atoms. The van der Waals surface area contributed by atoms with Crippen LogP contribution < -0.4 is 5.32 Å². The van der Waals surface area contributed by atoms with E-state index in [1.807, 2.05) is 0 Å². The summed E-state index contributed by atoms with van der Waals surface area (Å²) in [7, 11) is 0. The van der Waals surface area contributed by atoms with E-state index in [1.54, 1.807) is 0 Å². The Morgan fingerprint density at radius 2 is 2.31 bits per heavy atom. The van der Waals surface area contributed by atoms with E-state index in [0.717, 1.165) is 32.4 Å². The minimum Gasteiger partial charge on any atom is -0.395 e. The zero-order valence-electron chi connectivity index (χ0n) is 9.98. The van der Waals surface area contributed by atoms with Gasteiger partial charge in [0.15, 0.2) is 0 Å². The first-order valence-corrected chi connectivity index (χ1v) is 6.35. The van der Waals surface area contributed by atoms with Crippen molar-refractivity contribution < 1.29 is 9.90 Å². The van der Waals surface area contributed by atoms with Gasteiger partial charge >= 0.3 is 0 Å². The third kappa shape index (κ3) is 2.38. The van der Waals surface area contributed by atoms with E-state index < -0.39 is 0 Å². The summed E-state index contributed by atoms with van der Waals surface area (Å²) in [6.45, 7) is 4.25. The lowest BCUT2D eigenvalue weighted by atomic mass is 10.0. The van der Waals surface area contributed by atoms with Crippen molar-refractivity contribution in [2.75, 3.05) is 19.7 Å². The van der Waals surface area contributed by atoms with Crippen molar-refractivity contribution in [3.63, 3.8) is 0 Å². The van der Waals surface area contributed by atoms with Crippen LogP contribution in [0.15, 0.2) is 0 Å². The summed E-state index contributed by atoms with van der Waals surface area (Å²) in [5.74, 6) is 0.718.